The van der Waals surface area contributed by atoms with Gasteiger partial charge in [-0.15, -0.1) is 0 Å². The standard InChI is InChI=1S/C22H18/c1-2-8-17(9-3-1)16-22-20-12-6-4-10-18(20)14-15-19-11-5-7-13-21(19)22/h1-13,16H,14-15H2. The first kappa shape index (κ1) is 13.1. The topological polar surface area (TPSA) is 0 Å². The Labute approximate surface area is 131 Å². The molecule has 3 aromatic carbocycles. The second kappa shape index (κ2) is 5.65. The molecule has 0 saturated carbocycles. The molecule has 1 aliphatic rings. The highest BCUT2D eigenvalue weighted by Gasteiger charge is 2.17. The maximum Gasteiger partial charge on any atom is -0.00999 e. The third-order valence-corrected chi connectivity index (χ3v) is 4.39. The van der Waals surface area contributed by atoms with Gasteiger partial charge in [-0.25, -0.2) is 0 Å². The molecule has 0 aromatic heterocycles. The first-order valence-electron chi connectivity index (χ1n) is 7.85. The van der Waals surface area contributed by atoms with Crippen molar-refractivity contribution in [1.29, 1.82) is 0 Å². The zero-order chi connectivity index (χ0) is 14.8. The molecule has 0 amide bonds. The number of rotatable bonds is 1. The normalized spacial score (nSPS) is 13.0. The Morgan fingerprint density at radius 3 is 1.64 bits per heavy atom. The molecule has 0 atom stereocenters. The van der Waals surface area contributed by atoms with Crippen LogP contribution in [0.2, 0.25) is 0 Å². The smallest absolute Gasteiger partial charge is 0.00999 e. The van der Waals surface area contributed by atoms with Crippen molar-refractivity contribution in [2.24, 2.45) is 0 Å². The van der Waals surface area contributed by atoms with Gasteiger partial charge in [0.25, 0.3) is 0 Å². The van der Waals surface area contributed by atoms with Crippen molar-refractivity contribution < 1.29 is 0 Å². The van der Waals surface area contributed by atoms with Crippen LogP contribution in [-0.2, 0) is 12.8 Å². The number of aryl methyl sites for hydroxylation is 2. The molecular formula is C22H18. The molecule has 4 rings (SSSR count). The van der Waals surface area contributed by atoms with Crippen LogP contribution in [0.3, 0.4) is 0 Å². The number of hydrogen-bond donors (Lipinski definition) is 0. The Kier molecular flexibility index (Phi) is 3.36. The van der Waals surface area contributed by atoms with Gasteiger partial charge >= 0.3 is 0 Å². The van der Waals surface area contributed by atoms with E-state index in [9.17, 15) is 0 Å². The average Bonchev–Trinajstić information content (AvgIpc) is 2.74. The van der Waals surface area contributed by atoms with Crippen molar-refractivity contribution in [3.05, 3.63) is 107 Å². The Morgan fingerprint density at radius 1 is 0.545 bits per heavy atom. The monoisotopic (exact) mass is 282 g/mol. The fourth-order valence-electron chi connectivity index (χ4n) is 3.29. The van der Waals surface area contributed by atoms with Gasteiger partial charge in [-0.1, -0.05) is 78.9 Å². The molecule has 0 spiro atoms. The van der Waals surface area contributed by atoms with E-state index in [1.807, 2.05) is 0 Å². The lowest BCUT2D eigenvalue weighted by Crippen LogP contribution is -1.92. The minimum atomic E-state index is 1.11. The Bertz CT molecular complexity index is 776. The highest BCUT2D eigenvalue weighted by atomic mass is 14.2. The van der Waals surface area contributed by atoms with Gasteiger partial charge < -0.3 is 0 Å². The minimum absolute atomic E-state index is 1.11. The van der Waals surface area contributed by atoms with E-state index in [1.165, 1.54) is 33.4 Å². The van der Waals surface area contributed by atoms with E-state index in [2.05, 4.69) is 84.9 Å². The summed E-state index contributed by atoms with van der Waals surface area (Å²) in [6.45, 7) is 0. The number of hydrogen-bond acceptors (Lipinski definition) is 0. The van der Waals surface area contributed by atoms with E-state index in [0.717, 1.165) is 12.8 Å². The lowest BCUT2D eigenvalue weighted by atomic mass is 9.92. The third-order valence-electron chi connectivity index (χ3n) is 4.39. The van der Waals surface area contributed by atoms with Crippen molar-refractivity contribution in [2.45, 2.75) is 12.8 Å². The van der Waals surface area contributed by atoms with Gasteiger partial charge in [0.05, 0.1) is 0 Å². The van der Waals surface area contributed by atoms with Gasteiger partial charge in [0.2, 0.25) is 0 Å². The third kappa shape index (κ3) is 2.37. The molecule has 22 heavy (non-hydrogen) atoms. The van der Waals surface area contributed by atoms with Crippen molar-refractivity contribution in [3.63, 3.8) is 0 Å². The van der Waals surface area contributed by atoms with E-state index >= 15 is 0 Å². The first-order chi connectivity index (χ1) is 10.9. The molecule has 3 aromatic rings. The lowest BCUT2D eigenvalue weighted by Gasteiger charge is -2.12. The van der Waals surface area contributed by atoms with Crippen molar-refractivity contribution >= 4 is 11.6 Å². The molecular weight excluding hydrogens is 264 g/mol. The predicted molar refractivity (Wildman–Crippen MR) is 93.7 cm³/mol. The second-order valence-electron chi connectivity index (χ2n) is 5.78. The molecule has 1 aliphatic carbocycles. The summed E-state index contributed by atoms with van der Waals surface area (Å²) in [7, 11) is 0. The number of benzene rings is 3. The fourth-order valence-corrected chi connectivity index (χ4v) is 3.29. The number of fused-ring (bicyclic) bond motifs is 2. The van der Waals surface area contributed by atoms with Crippen LogP contribution in [0, 0.1) is 0 Å². The van der Waals surface area contributed by atoms with E-state index in [4.69, 9.17) is 0 Å². The Hall–Kier alpha value is -2.60. The zero-order valence-corrected chi connectivity index (χ0v) is 12.5. The van der Waals surface area contributed by atoms with E-state index < -0.39 is 0 Å². The van der Waals surface area contributed by atoms with Crippen LogP contribution < -0.4 is 0 Å². The van der Waals surface area contributed by atoms with Gasteiger partial charge in [-0.05, 0) is 52.3 Å². The Balaban J connectivity index is 1.97. The summed E-state index contributed by atoms with van der Waals surface area (Å²) in [5.74, 6) is 0. The molecule has 0 radical (unpaired) electrons. The summed E-state index contributed by atoms with van der Waals surface area (Å²) >= 11 is 0. The lowest BCUT2D eigenvalue weighted by molar-refractivity contribution is 0.965. The molecule has 0 unspecified atom stereocenters. The maximum absolute atomic E-state index is 2.32. The molecule has 0 heteroatoms. The van der Waals surface area contributed by atoms with Gasteiger partial charge in [0, 0.05) is 0 Å². The summed E-state index contributed by atoms with van der Waals surface area (Å²) in [5.41, 5.74) is 8.23. The summed E-state index contributed by atoms with van der Waals surface area (Å²) in [6, 6.07) is 28.2. The molecule has 0 saturated heterocycles. The molecule has 0 N–H and O–H groups in total. The highest BCUT2D eigenvalue weighted by Crippen LogP contribution is 2.34. The average molecular weight is 282 g/mol. The van der Waals surface area contributed by atoms with E-state index in [1.54, 1.807) is 0 Å². The van der Waals surface area contributed by atoms with Crippen LogP contribution in [-0.4, -0.2) is 0 Å². The van der Waals surface area contributed by atoms with E-state index in [0.29, 0.717) is 0 Å². The van der Waals surface area contributed by atoms with E-state index in [-0.39, 0.29) is 0 Å². The highest BCUT2D eigenvalue weighted by molar-refractivity contribution is 5.94. The van der Waals surface area contributed by atoms with Gasteiger partial charge in [0.1, 0.15) is 0 Å². The van der Waals surface area contributed by atoms with Crippen LogP contribution in [0.1, 0.15) is 27.8 Å². The summed E-state index contributed by atoms with van der Waals surface area (Å²) in [6.07, 6.45) is 4.54. The van der Waals surface area contributed by atoms with Crippen LogP contribution in [0.25, 0.3) is 11.6 Å². The van der Waals surface area contributed by atoms with Crippen LogP contribution in [0.15, 0.2) is 78.9 Å². The largest absolute Gasteiger partial charge is 0.0622 e. The van der Waals surface area contributed by atoms with Gasteiger partial charge in [-0.3, -0.25) is 0 Å². The van der Waals surface area contributed by atoms with Gasteiger partial charge in [0.15, 0.2) is 0 Å². The zero-order valence-electron chi connectivity index (χ0n) is 12.5. The predicted octanol–water partition coefficient (Wildman–Crippen LogP) is 5.37. The maximum atomic E-state index is 2.32. The molecule has 106 valence electrons. The summed E-state index contributed by atoms with van der Waals surface area (Å²) in [4.78, 5) is 0. The quantitative estimate of drug-likeness (QED) is 0.562. The fraction of sp³-hybridized carbons (Fsp3) is 0.0909. The molecule has 0 aliphatic heterocycles. The summed E-state index contributed by atoms with van der Waals surface area (Å²) in [5, 5.41) is 0. The van der Waals surface area contributed by atoms with Crippen molar-refractivity contribution in [1.82, 2.24) is 0 Å². The van der Waals surface area contributed by atoms with Crippen LogP contribution in [0.4, 0.5) is 0 Å². The SMILES string of the molecule is C(=C1c2ccccc2CCc2ccccc21)c1ccccc1. The van der Waals surface area contributed by atoms with Crippen molar-refractivity contribution in [3.8, 4) is 0 Å². The van der Waals surface area contributed by atoms with Crippen molar-refractivity contribution in [2.75, 3.05) is 0 Å². The summed E-state index contributed by atoms with van der Waals surface area (Å²) < 4.78 is 0. The molecule has 0 fully saturated rings. The molecule has 0 nitrogen and oxygen atoms in total. The Morgan fingerprint density at radius 2 is 1.05 bits per heavy atom. The van der Waals surface area contributed by atoms with Crippen LogP contribution >= 0.6 is 0 Å². The first-order valence-corrected chi connectivity index (χ1v) is 7.85. The second-order valence-corrected chi connectivity index (χ2v) is 5.78. The molecule has 0 heterocycles. The van der Waals surface area contributed by atoms with Crippen LogP contribution in [0.5, 0.6) is 0 Å². The minimum Gasteiger partial charge on any atom is -0.0622 e. The molecule has 0 bridgehead atoms. The van der Waals surface area contributed by atoms with Gasteiger partial charge in [-0.2, -0.15) is 0 Å².